The molecule has 0 spiro atoms. The Labute approximate surface area is 275 Å². The molecule has 1 aliphatic carbocycles. The van der Waals surface area contributed by atoms with Gasteiger partial charge in [-0.1, -0.05) is 140 Å². The second-order valence-electron chi connectivity index (χ2n) is 12.8. The number of fused-ring (bicyclic) bond motifs is 5. The van der Waals surface area contributed by atoms with E-state index in [1.54, 1.807) is 0 Å². The maximum absolute atomic E-state index is 6.76. The number of furan rings is 1. The normalized spacial score (nSPS) is 13.5. The summed E-state index contributed by atoms with van der Waals surface area (Å²) in [5.41, 5.74) is 11.5. The molecule has 8 aromatic rings. The molecule has 1 fully saturated rings. The van der Waals surface area contributed by atoms with E-state index in [1.807, 2.05) is 0 Å². The highest BCUT2D eigenvalue weighted by molar-refractivity contribution is 6.20. The smallest absolute Gasteiger partial charge is 0.143 e. The zero-order chi connectivity index (χ0) is 31.2. The molecule has 1 aromatic heterocycles. The van der Waals surface area contributed by atoms with Crippen LogP contribution in [0.4, 0.5) is 17.1 Å². The third-order valence-corrected chi connectivity index (χ3v) is 9.99. The van der Waals surface area contributed by atoms with Crippen molar-refractivity contribution in [1.82, 2.24) is 0 Å². The average Bonchev–Trinajstić information content (AvgIpc) is 3.82. The fourth-order valence-corrected chi connectivity index (χ4v) is 7.81. The second-order valence-corrected chi connectivity index (χ2v) is 12.8. The first-order valence-corrected chi connectivity index (χ1v) is 16.8. The predicted molar refractivity (Wildman–Crippen MR) is 198 cm³/mol. The van der Waals surface area contributed by atoms with Crippen molar-refractivity contribution >= 4 is 49.8 Å². The summed E-state index contributed by atoms with van der Waals surface area (Å²) >= 11 is 0. The molecule has 9 rings (SSSR count). The molecular formula is C45H35NO. The summed E-state index contributed by atoms with van der Waals surface area (Å²) in [4.78, 5) is 2.47. The molecular weight excluding hydrogens is 571 g/mol. The summed E-state index contributed by atoms with van der Waals surface area (Å²) in [6, 6.07) is 57.0. The Hall–Kier alpha value is -5.60. The Bertz CT molecular complexity index is 2360. The molecule has 7 aromatic carbocycles. The Kier molecular flexibility index (Phi) is 6.86. The van der Waals surface area contributed by atoms with Gasteiger partial charge in [-0.3, -0.25) is 0 Å². The fraction of sp³-hybridized carbons (Fsp3) is 0.111. The molecule has 0 radical (unpaired) electrons. The highest BCUT2D eigenvalue weighted by atomic mass is 16.3. The molecule has 2 nitrogen and oxygen atoms in total. The summed E-state index contributed by atoms with van der Waals surface area (Å²) in [6.45, 7) is 0. The number of benzene rings is 7. The van der Waals surface area contributed by atoms with Gasteiger partial charge in [0.15, 0.2) is 0 Å². The second kappa shape index (κ2) is 11.6. The van der Waals surface area contributed by atoms with Gasteiger partial charge in [-0.25, -0.2) is 0 Å². The lowest BCUT2D eigenvalue weighted by Gasteiger charge is -2.29. The first-order valence-electron chi connectivity index (χ1n) is 16.8. The van der Waals surface area contributed by atoms with E-state index in [0.717, 1.165) is 39.0 Å². The van der Waals surface area contributed by atoms with Gasteiger partial charge in [0.1, 0.15) is 11.2 Å². The van der Waals surface area contributed by atoms with Gasteiger partial charge < -0.3 is 9.32 Å². The largest absolute Gasteiger partial charge is 0.455 e. The lowest BCUT2D eigenvalue weighted by Crippen LogP contribution is -2.12. The molecule has 0 atom stereocenters. The minimum absolute atomic E-state index is 0.576. The molecule has 226 valence electrons. The number of para-hydroxylation sites is 1. The van der Waals surface area contributed by atoms with E-state index in [4.69, 9.17) is 4.42 Å². The molecule has 0 N–H and O–H groups in total. The summed E-state index contributed by atoms with van der Waals surface area (Å²) in [5.74, 6) is 0.576. The van der Waals surface area contributed by atoms with Gasteiger partial charge in [0, 0.05) is 32.8 Å². The van der Waals surface area contributed by atoms with Crippen molar-refractivity contribution in [2.24, 2.45) is 0 Å². The molecule has 47 heavy (non-hydrogen) atoms. The van der Waals surface area contributed by atoms with Crippen LogP contribution in [0.3, 0.4) is 0 Å². The quantitative estimate of drug-likeness (QED) is 0.187. The molecule has 1 aliphatic rings. The van der Waals surface area contributed by atoms with Crippen LogP contribution in [-0.4, -0.2) is 0 Å². The SMILES string of the molecule is c1ccc(-c2cccc(N(c3ccccc3-c3ccccc3)c3cc4c(oc5cccc(C6CCCC6)c54)c4ccccc34)c2)cc1. The molecule has 0 saturated heterocycles. The summed E-state index contributed by atoms with van der Waals surface area (Å²) in [5, 5.41) is 4.76. The van der Waals surface area contributed by atoms with Crippen molar-refractivity contribution < 1.29 is 4.42 Å². The van der Waals surface area contributed by atoms with Gasteiger partial charge in [0.05, 0.1) is 11.4 Å². The zero-order valence-corrected chi connectivity index (χ0v) is 26.3. The molecule has 2 heteroatoms. The van der Waals surface area contributed by atoms with Crippen LogP contribution in [0.5, 0.6) is 0 Å². The topological polar surface area (TPSA) is 16.4 Å². The maximum atomic E-state index is 6.76. The van der Waals surface area contributed by atoms with E-state index in [2.05, 4.69) is 163 Å². The lowest BCUT2D eigenvalue weighted by molar-refractivity contribution is 0.670. The summed E-state index contributed by atoms with van der Waals surface area (Å²) in [6.07, 6.45) is 5.09. The van der Waals surface area contributed by atoms with Gasteiger partial charge in [0.25, 0.3) is 0 Å². The standard InChI is InChI=1S/C45H35NO/c1-3-15-31(16-4-1)34-21-13-22-35(29-34)46(41-27-12-11-23-36(41)32-17-5-2-6-18-32)42-30-40-44-37(33-19-7-8-20-33)26-14-28-43(44)47-45(40)39-25-10-9-24-38(39)42/h1-6,9-18,21-30,33H,7-8,19-20H2. The van der Waals surface area contributed by atoms with Crippen molar-refractivity contribution in [3.8, 4) is 22.3 Å². The van der Waals surface area contributed by atoms with Crippen molar-refractivity contribution in [2.45, 2.75) is 31.6 Å². The van der Waals surface area contributed by atoms with E-state index in [0.29, 0.717) is 5.92 Å². The first kappa shape index (κ1) is 27.7. The maximum Gasteiger partial charge on any atom is 0.143 e. The van der Waals surface area contributed by atoms with Crippen molar-refractivity contribution in [3.63, 3.8) is 0 Å². The van der Waals surface area contributed by atoms with Crippen LogP contribution in [0, 0.1) is 0 Å². The third kappa shape index (κ3) is 4.80. The van der Waals surface area contributed by atoms with Crippen LogP contribution >= 0.6 is 0 Å². The number of anilines is 3. The van der Waals surface area contributed by atoms with E-state index < -0.39 is 0 Å². The third-order valence-electron chi connectivity index (χ3n) is 9.99. The number of hydrogen-bond donors (Lipinski definition) is 0. The van der Waals surface area contributed by atoms with Crippen molar-refractivity contribution in [3.05, 3.63) is 163 Å². The molecule has 0 bridgehead atoms. The van der Waals surface area contributed by atoms with Crippen LogP contribution < -0.4 is 4.90 Å². The first-order chi connectivity index (χ1) is 23.3. The van der Waals surface area contributed by atoms with Crippen LogP contribution in [0.1, 0.15) is 37.2 Å². The zero-order valence-electron chi connectivity index (χ0n) is 26.3. The van der Waals surface area contributed by atoms with Gasteiger partial charge in [0.2, 0.25) is 0 Å². The molecule has 1 heterocycles. The van der Waals surface area contributed by atoms with E-state index in [1.165, 1.54) is 64.3 Å². The molecule has 0 unspecified atom stereocenters. The average molecular weight is 606 g/mol. The number of rotatable bonds is 6. The number of nitrogens with zero attached hydrogens (tertiary/aromatic N) is 1. The van der Waals surface area contributed by atoms with Gasteiger partial charge in [-0.2, -0.15) is 0 Å². The Balaban J connectivity index is 1.37. The van der Waals surface area contributed by atoms with Crippen LogP contribution in [-0.2, 0) is 0 Å². The van der Waals surface area contributed by atoms with Gasteiger partial charge in [-0.05, 0) is 71.3 Å². The van der Waals surface area contributed by atoms with Gasteiger partial charge in [-0.15, -0.1) is 0 Å². The Morgan fingerprint density at radius 2 is 1.15 bits per heavy atom. The van der Waals surface area contributed by atoms with Crippen LogP contribution in [0.2, 0.25) is 0 Å². The number of hydrogen-bond acceptors (Lipinski definition) is 2. The Morgan fingerprint density at radius 3 is 1.96 bits per heavy atom. The minimum atomic E-state index is 0.576. The van der Waals surface area contributed by atoms with Crippen molar-refractivity contribution in [1.29, 1.82) is 0 Å². The summed E-state index contributed by atoms with van der Waals surface area (Å²) in [7, 11) is 0. The van der Waals surface area contributed by atoms with Crippen LogP contribution in [0.15, 0.2) is 162 Å². The fourth-order valence-electron chi connectivity index (χ4n) is 7.81. The Morgan fingerprint density at radius 1 is 0.489 bits per heavy atom. The summed E-state index contributed by atoms with van der Waals surface area (Å²) < 4.78 is 6.76. The minimum Gasteiger partial charge on any atom is -0.455 e. The van der Waals surface area contributed by atoms with Crippen molar-refractivity contribution in [2.75, 3.05) is 4.90 Å². The molecule has 0 amide bonds. The van der Waals surface area contributed by atoms with E-state index in [9.17, 15) is 0 Å². The monoisotopic (exact) mass is 605 g/mol. The van der Waals surface area contributed by atoms with E-state index in [-0.39, 0.29) is 0 Å². The molecule has 0 aliphatic heterocycles. The van der Waals surface area contributed by atoms with Gasteiger partial charge >= 0.3 is 0 Å². The highest BCUT2D eigenvalue weighted by Crippen LogP contribution is 2.49. The lowest BCUT2D eigenvalue weighted by atomic mass is 9.92. The highest BCUT2D eigenvalue weighted by Gasteiger charge is 2.26. The molecule has 1 saturated carbocycles. The van der Waals surface area contributed by atoms with Crippen LogP contribution in [0.25, 0.3) is 55.0 Å². The van der Waals surface area contributed by atoms with E-state index >= 15 is 0 Å². The predicted octanol–water partition coefficient (Wildman–Crippen LogP) is 13.2.